The molecule has 0 spiro atoms. The summed E-state index contributed by atoms with van der Waals surface area (Å²) in [5.41, 5.74) is 0.322. The van der Waals surface area contributed by atoms with Gasteiger partial charge in [-0.2, -0.15) is 0 Å². The number of phenols is 1. The van der Waals surface area contributed by atoms with Crippen molar-refractivity contribution in [2.45, 2.75) is 6.42 Å². The Morgan fingerprint density at radius 3 is 2.74 bits per heavy atom. The fraction of sp³-hybridized carbons (Fsp3) is 0.400. The number of likely N-dealkylation sites (N-methyl/N-ethyl adjacent to an activating group) is 1. The van der Waals surface area contributed by atoms with Gasteiger partial charge in [-0.3, -0.25) is 4.79 Å². The Kier molecular flexibility index (Phi) is 5.57. The smallest absolute Gasteiger partial charge is 0.255 e. The van der Waals surface area contributed by atoms with Crippen LogP contribution in [0.25, 0.3) is 0 Å². The summed E-state index contributed by atoms with van der Waals surface area (Å²) in [6.45, 7) is 6.22. The Bertz CT molecular complexity index is 442. The summed E-state index contributed by atoms with van der Waals surface area (Å²) in [5, 5.41) is 12.4. The first kappa shape index (κ1) is 15.2. The lowest BCUT2D eigenvalue weighted by molar-refractivity contribution is -0.884. The van der Waals surface area contributed by atoms with Crippen molar-refractivity contribution >= 4 is 5.91 Å². The predicted molar refractivity (Wildman–Crippen MR) is 77.1 cm³/mol. The average molecular weight is 263 g/mol. The number of nitrogens with one attached hydrogen (secondary N) is 1. The number of para-hydroxylation sites is 1. The number of nitrogens with zero attached hydrogens (tertiary/aromatic N) is 1. The number of benzene rings is 1. The third-order valence-corrected chi connectivity index (χ3v) is 3.00. The summed E-state index contributed by atoms with van der Waals surface area (Å²) in [7, 11) is 4.26. The van der Waals surface area contributed by atoms with Crippen LogP contribution in [-0.4, -0.2) is 49.2 Å². The molecule has 0 bridgehead atoms. The minimum Gasteiger partial charge on any atom is -0.507 e. The van der Waals surface area contributed by atoms with Crippen molar-refractivity contribution in [1.29, 1.82) is 0 Å². The number of amides is 1. The van der Waals surface area contributed by atoms with E-state index in [2.05, 4.69) is 26.0 Å². The van der Waals surface area contributed by atoms with Crippen LogP contribution in [-0.2, 0) is 0 Å². The number of quaternary nitrogens is 1. The fourth-order valence-electron chi connectivity index (χ4n) is 1.91. The van der Waals surface area contributed by atoms with Crippen LogP contribution in [0.2, 0.25) is 0 Å². The predicted octanol–water partition coefficient (Wildman–Crippen LogP) is 1.77. The Morgan fingerprint density at radius 2 is 2.11 bits per heavy atom. The Hall–Kier alpha value is -1.81. The standard InChI is InChI=1S/C15H22N2O2/c1-4-11-17(2,3)12-7-10-16-15(19)13-8-5-6-9-14(13)18/h4-6,8-9H,1,7,10-12H2,2-3H3,(H-,16,18,19)/p+1. The highest BCUT2D eigenvalue weighted by Crippen LogP contribution is 2.14. The molecule has 1 aromatic rings. The van der Waals surface area contributed by atoms with Crippen LogP contribution in [0.4, 0.5) is 0 Å². The molecule has 0 saturated carbocycles. The quantitative estimate of drug-likeness (QED) is 0.447. The van der Waals surface area contributed by atoms with Gasteiger partial charge in [-0.25, -0.2) is 0 Å². The van der Waals surface area contributed by atoms with Crippen LogP contribution in [0.15, 0.2) is 36.9 Å². The number of aromatic hydroxyl groups is 1. The molecule has 0 heterocycles. The molecule has 2 N–H and O–H groups in total. The van der Waals surface area contributed by atoms with E-state index in [0.29, 0.717) is 12.1 Å². The molecule has 104 valence electrons. The van der Waals surface area contributed by atoms with Gasteiger partial charge in [0.25, 0.3) is 5.91 Å². The molecule has 0 radical (unpaired) electrons. The van der Waals surface area contributed by atoms with Gasteiger partial charge < -0.3 is 14.9 Å². The molecule has 1 aromatic carbocycles. The minimum absolute atomic E-state index is 0.0165. The van der Waals surface area contributed by atoms with Crippen LogP contribution < -0.4 is 5.32 Å². The molecule has 4 nitrogen and oxygen atoms in total. The van der Waals surface area contributed by atoms with Crippen LogP contribution in [0.1, 0.15) is 16.8 Å². The van der Waals surface area contributed by atoms with Gasteiger partial charge in [0.2, 0.25) is 0 Å². The lowest BCUT2D eigenvalue weighted by atomic mass is 10.2. The van der Waals surface area contributed by atoms with Crippen molar-refractivity contribution in [3.63, 3.8) is 0 Å². The maximum Gasteiger partial charge on any atom is 0.255 e. The number of carbonyl (C=O) groups is 1. The maximum absolute atomic E-state index is 11.8. The Morgan fingerprint density at radius 1 is 1.42 bits per heavy atom. The van der Waals surface area contributed by atoms with E-state index < -0.39 is 0 Å². The van der Waals surface area contributed by atoms with Gasteiger partial charge in [-0.05, 0) is 18.2 Å². The van der Waals surface area contributed by atoms with Crippen LogP contribution in [0, 0.1) is 0 Å². The fourth-order valence-corrected chi connectivity index (χ4v) is 1.91. The van der Waals surface area contributed by atoms with E-state index in [9.17, 15) is 9.90 Å². The van der Waals surface area contributed by atoms with Gasteiger partial charge in [0.1, 0.15) is 5.75 Å². The van der Waals surface area contributed by atoms with Gasteiger partial charge in [0, 0.05) is 13.0 Å². The van der Waals surface area contributed by atoms with E-state index in [1.807, 2.05) is 6.08 Å². The van der Waals surface area contributed by atoms with Crippen molar-refractivity contribution < 1.29 is 14.4 Å². The van der Waals surface area contributed by atoms with Crippen LogP contribution in [0.5, 0.6) is 5.75 Å². The molecule has 0 aromatic heterocycles. The lowest BCUT2D eigenvalue weighted by Gasteiger charge is -2.28. The summed E-state index contributed by atoms with van der Waals surface area (Å²) in [4.78, 5) is 11.8. The van der Waals surface area contributed by atoms with Gasteiger partial charge in [0.05, 0.1) is 32.7 Å². The SMILES string of the molecule is C=CC[N+](C)(C)CCCNC(=O)c1ccccc1O. The number of hydrogen-bond acceptors (Lipinski definition) is 2. The number of hydrogen-bond donors (Lipinski definition) is 2. The molecule has 0 fully saturated rings. The summed E-state index contributed by atoms with van der Waals surface area (Å²) in [5.74, 6) is -0.213. The van der Waals surface area contributed by atoms with Gasteiger partial charge in [-0.1, -0.05) is 18.7 Å². The molecule has 0 saturated heterocycles. The van der Waals surface area contributed by atoms with Crippen LogP contribution >= 0.6 is 0 Å². The summed E-state index contributed by atoms with van der Waals surface area (Å²) >= 11 is 0. The van der Waals surface area contributed by atoms with E-state index in [1.54, 1.807) is 18.2 Å². The molecule has 1 rings (SSSR count). The molecule has 0 aliphatic heterocycles. The zero-order valence-electron chi connectivity index (χ0n) is 11.7. The number of carbonyl (C=O) groups excluding carboxylic acids is 1. The van der Waals surface area contributed by atoms with E-state index in [1.165, 1.54) is 6.07 Å². The zero-order chi connectivity index (χ0) is 14.3. The molecular formula is C15H23N2O2+. The molecule has 1 amide bonds. The third kappa shape index (κ3) is 5.14. The zero-order valence-corrected chi connectivity index (χ0v) is 11.7. The Balaban J connectivity index is 2.36. The van der Waals surface area contributed by atoms with Crippen molar-refractivity contribution in [2.24, 2.45) is 0 Å². The summed E-state index contributed by atoms with van der Waals surface area (Å²) in [6.07, 6.45) is 2.79. The molecular weight excluding hydrogens is 240 g/mol. The first-order chi connectivity index (χ1) is 8.96. The first-order valence-corrected chi connectivity index (χ1v) is 6.45. The summed E-state index contributed by atoms with van der Waals surface area (Å²) < 4.78 is 0.857. The molecule has 19 heavy (non-hydrogen) atoms. The summed E-state index contributed by atoms with van der Waals surface area (Å²) in [6, 6.07) is 6.56. The highest BCUT2D eigenvalue weighted by atomic mass is 16.3. The molecule has 0 aliphatic rings. The second kappa shape index (κ2) is 6.95. The minimum atomic E-state index is -0.230. The van der Waals surface area contributed by atoms with E-state index in [-0.39, 0.29) is 11.7 Å². The lowest BCUT2D eigenvalue weighted by Crippen LogP contribution is -2.41. The molecule has 0 atom stereocenters. The second-order valence-electron chi connectivity index (χ2n) is 5.26. The first-order valence-electron chi connectivity index (χ1n) is 6.45. The van der Waals surface area contributed by atoms with E-state index >= 15 is 0 Å². The largest absolute Gasteiger partial charge is 0.507 e. The molecule has 0 unspecified atom stereocenters. The third-order valence-electron chi connectivity index (χ3n) is 3.00. The van der Waals surface area contributed by atoms with Crippen LogP contribution in [0.3, 0.4) is 0 Å². The monoisotopic (exact) mass is 263 g/mol. The van der Waals surface area contributed by atoms with E-state index in [0.717, 1.165) is 24.0 Å². The topological polar surface area (TPSA) is 49.3 Å². The van der Waals surface area contributed by atoms with Crippen molar-refractivity contribution in [3.8, 4) is 5.75 Å². The highest BCUT2D eigenvalue weighted by Gasteiger charge is 2.13. The second-order valence-corrected chi connectivity index (χ2v) is 5.26. The van der Waals surface area contributed by atoms with Crippen molar-refractivity contribution in [1.82, 2.24) is 5.32 Å². The average Bonchev–Trinajstić information content (AvgIpc) is 2.35. The Labute approximate surface area is 115 Å². The van der Waals surface area contributed by atoms with Crippen molar-refractivity contribution in [3.05, 3.63) is 42.5 Å². The number of rotatable bonds is 7. The normalized spacial score (nSPS) is 11.1. The molecule has 4 heteroatoms. The maximum atomic E-state index is 11.8. The van der Waals surface area contributed by atoms with E-state index in [4.69, 9.17) is 0 Å². The van der Waals surface area contributed by atoms with Gasteiger partial charge in [0.15, 0.2) is 0 Å². The number of phenolic OH excluding ortho intramolecular Hbond substituents is 1. The highest BCUT2D eigenvalue weighted by molar-refractivity contribution is 5.96. The van der Waals surface area contributed by atoms with Gasteiger partial charge >= 0.3 is 0 Å². The van der Waals surface area contributed by atoms with Gasteiger partial charge in [-0.15, -0.1) is 0 Å². The van der Waals surface area contributed by atoms with Crippen molar-refractivity contribution in [2.75, 3.05) is 33.7 Å². The molecule has 0 aliphatic carbocycles.